The van der Waals surface area contributed by atoms with Crippen LogP contribution >= 0.6 is 0 Å². The van der Waals surface area contributed by atoms with E-state index >= 15 is 0 Å². The second kappa shape index (κ2) is 10.8. The van der Waals surface area contributed by atoms with Gasteiger partial charge in [0.05, 0.1) is 0 Å². The fourth-order valence-corrected chi connectivity index (χ4v) is 1.50. The van der Waals surface area contributed by atoms with Crippen LogP contribution in [0.2, 0.25) is 0 Å². The highest BCUT2D eigenvalue weighted by molar-refractivity contribution is 4.80. The molecule has 0 aliphatic rings. The standard InChI is InChI=1S/C13H27N/c1-4-6-7-8-9-10-11-12-14-13(3)5-2/h5,13-14H,2,4,6-12H2,1,3H3. The second-order valence-corrected chi connectivity index (χ2v) is 4.10. The zero-order valence-electron chi connectivity index (χ0n) is 10.0. The van der Waals surface area contributed by atoms with Gasteiger partial charge in [0, 0.05) is 6.04 Å². The first-order valence-electron chi connectivity index (χ1n) is 6.17. The van der Waals surface area contributed by atoms with E-state index in [-0.39, 0.29) is 0 Å². The smallest absolute Gasteiger partial charge is 0.0219 e. The van der Waals surface area contributed by atoms with E-state index in [0.29, 0.717) is 6.04 Å². The van der Waals surface area contributed by atoms with Crippen LogP contribution in [-0.2, 0) is 0 Å². The molecule has 1 nitrogen and oxygen atoms in total. The van der Waals surface area contributed by atoms with Gasteiger partial charge in [-0.15, -0.1) is 6.58 Å². The molecular formula is C13H27N. The van der Waals surface area contributed by atoms with Crippen LogP contribution in [-0.4, -0.2) is 12.6 Å². The zero-order valence-corrected chi connectivity index (χ0v) is 10.0. The summed E-state index contributed by atoms with van der Waals surface area (Å²) in [5.74, 6) is 0. The molecule has 84 valence electrons. The third-order valence-corrected chi connectivity index (χ3v) is 2.60. The number of hydrogen-bond acceptors (Lipinski definition) is 1. The molecule has 0 bridgehead atoms. The maximum atomic E-state index is 3.75. The molecule has 0 aliphatic carbocycles. The normalized spacial score (nSPS) is 12.7. The Balaban J connectivity index is 2.95. The van der Waals surface area contributed by atoms with Gasteiger partial charge in [0.2, 0.25) is 0 Å². The topological polar surface area (TPSA) is 12.0 Å². The zero-order chi connectivity index (χ0) is 10.6. The molecule has 0 heterocycles. The molecule has 1 unspecified atom stereocenters. The van der Waals surface area contributed by atoms with Crippen molar-refractivity contribution >= 4 is 0 Å². The van der Waals surface area contributed by atoms with E-state index in [0.717, 1.165) is 6.54 Å². The van der Waals surface area contributed by atoms with Gasteiger partial charge in [-0.25, -0.2) is 0 Å². The van der Waals surface area contributed by atoms with Crippen molar-refractivity contribution in [2.24, 2.45) is 0 Å². The Morgan fingerprint density at radius 3 is 2.21 bits per heavy atom. The molecule has 0 saturated heterocycles. The summed E-state index contributed by atoms with van der Waals surface area (Å²) >= 11 is 0. The number of rotatable bonds is 10. The number of nitrogens with one attached hydrogen (secondary N) is 1. The summed E-state index contributed by atoms with van der Waals surface area (Å²) in [6.07, 6.45) is 11.7. The van der Waals surface area contributed by atoms with Gasteiger partial charge in [-0.1, -0.05) is 51.5 Å². The van der Waals surface area contributed by atoms with Crippen LogP contribution in [0.1, 0.15) is 58.8 Å². The summed E-state index contributed by atoms with van der Waals surface area (Å²) in [6.45, 7) is 9.30. The lowest BCUT2D eigenvalue weighted by atomic mass is 10.1. The average Bonchev–Trinajstić information content (AvgIpc) is 2.21. The van der Waals surface area contributed by atoms with Crippen LogP contribution in [0.25, 0.3) is 0 Å². The van der Waals surface area contributed by atoms with Gasteiger partial charge >= 0.3 is 0 Å². The molecule has 0 aliphatic heterocycles. The maximum absolute atomic E-state index is 3.75. The van der Waals surface area contributed by atoms with Gasteiger partial charge in [-0.05, 0) is 19.9 Å². The van der Waals surface area contributed by atoms with E-state index < -0.39 is 0 Å². The molecule has 0 aromatic rings. The maximum Gasteiger partial charge on any atom is 0.0219 e. The highest BCUT2D eigenvalue weighted by Crippen LogP contribution is 2.06. The predicted molar refractivity (Wildman–Crippen MR) is 65.7 cm³/mol. The Kier molecular flexibility index (Phi) is 10.5. The summed E-state index contributed by atoms with van der Waals surface area (Å²) in [5, 5.41) is 3.42. The van der Waals surface area contributed by atoms with Gasteiger partial charge in [-0.3, -0.25) is 0 Å². The van der Waals surface area contributed by atoms with E-state index in [1.165, 1.54) is 44.9 Å². The quantitative estimate of drug-likeness (QED) is 0.414. The van der Waals surface area contributed by atoms with Crippen LogP contribution in [0.4, 0.5) is 0 Å². The molecular weight excluding hydrogens is 170 g/mol. The van der Waals surface area contributed by atoms with Crippen molar-refractivity contribution in [2.45, 2.75) is 64.8 Å². The molecule has 0 saturated carbocycles. The second-order valence-electron chi connectivity index (χ2n) is 4.10. The summed E-state index contributed by atoms with van der Waals surface area (Å²) in [7, 11) is 0. The third-order valence-electron chi connectivity index (χ3n) is 2.60. The third kappa shape index (κ3) is 9.79. The molecule has 0 radical (unpaired) electrons. The minimum Gasteiger partial charge on any atom is -0.311 e. The Bertz CT molecular complexity index is 120. The van der Waals surface area contributed by atoms with Crippen LogP contribution in [0.15, 0.2) is 12.7 Å². The van der Waals surface area contributed by atoms with Crippen molar-refractivity contribution in [1.82, 2.24) is 5.32 Å². The molecule has 14 heavy (non-hydrogen) atoms. The fraction of sp³-hybridized carbons (Fsp3) is 0.846. The molecule has 0 amide bonds. The van der Waals surface area contributed by atoms with Crippen molar-refractivity contribution in [3.8, 4) is 0 Å². The molecule has 1 atom stereocenters. The Morgan fingerprint density at radius 1 is 1.07 bits per heavy atom. The molecule has 0 aromatic heterocycles. The Labute approximate surface area is 90.0 Å². The van der Waals surface area contributed by atoms with Crippen molar-refractivity contribution in [3.63, 3.8) is 0 Å². The molecule has 0 fully saturated rings. The van der Waals surface area contributed by atoms with Crippen LogP contribution in [0.3, 0.4) is 0 Å². The lowest BCUT2D eigenvalue weighted by Gasteiger charge is -2.08. The van der Waals surface area contributed by atoms with Crippen LogP contribution in [0.5, 0.6) is 0 Å². The SMILES string of the molecule is C=CC(C)NCCCCCCCCC. The van der Waals surface area contributed by atoms with Crippen molar-refractivity contribution in [3.05, 3.63) is 12.7 Å². The van der Waals surface area contributed by atoms with Gasteiger partial charge in [0.15, 0.2) is 0 Å². The Morgan fingerprint density at radius 2 is 1.64 bits per heavy atom. The summed E-state index contributed by atoms with van der Waals surface area (Å²) in [6, 6.07) is 0.468. The van der Waals surface area contributed by atoms with E-state index in [9.17, 15) is 0 Å². The summed E-state index contributed by atoms with van der Waals surface area (Å²) in [5.41, 5.74) is 0. The predicted octanol–water partition coefficient (Wildman–Crippen LogP) is 3.90. The molecule has 0 aromatic carbocycles. The summed E-state index contributed by atoms with van der Waals surface area (Å²) < 4.78 is 0. The molecule has 1 N–H and O–H groups in total. The fourth-order valence-electron chi connectivity index (χ4n) is 1.50. The van der Waals surface area contributed by atoms with Crippen molar-refractivity contribution in [2.75, 3.05) is 6.54 Å². The van der Waals surface area contributed by atoms with Gasteiger partial charge in [-0.2, -0.15) is 0 Å². The van der Waals surface area contributed by atoms with E-state index in [2.05, 4.69) is 25.7 Å². The summed E-state index contributed by atoms with van der Waals surface area (Å²) in [4.78, 5) is 0. The molecule has 0 spiro atoms. The number of unbranched alkanes of at least 4 members (excludes halogenated alkanes) is 6. The van der Waals surface area contributed by atoms with E-state index in [1.54, 1.807) is 0 Å². The first-order valence-corrected chi connectivity index (χ1v) is 6.17. The monoisotopic (exact) mass is 197 g/mol. The largest absolute Gasteiger partial charge is 0.311 e. The first kappa shape index (κ1) is 13.7. The highest BCUT2D eigenvalue weighted by atomic mass is 14.9. The van der Waals surface area contributed by atoms with Gasteiger partial charge < -0.3 is 5.32 Å². The molecule has 0 rings (SSSR count). The first-order chi connectivity index (χ1) is 6.81. The van der Waals surface area contributed by atoms with Gasteiger partial charge in [0.1, 0.15) is 0 Å². The minimum absolute atomic E-state index is 0.468. The van der Waals surface area contributed by atoms with Gasteiger partial charge in [0.25, 0.3) is 0 Å². The van der Waals surface area contributed by atoms with E-state index in [1.807, 2.05) is 6.08 Å². The highest BCUT2D eigenvalue weighted by Gasteiger charge is 1.94. The van der Waals surface area contributed by atoms with E-state index in [4.69, 9.17) is 0 Å². The lowest BCUT2D eigenvalue weighted by molar-refractivity contribution is 0.548. The lowest BCUT2D eigenvalue weighted by Crippen LogP contribution is -2.24. The van der Waals surface area contributed by atoms with Crippen LogP contribution < -0.4 is 5.32 Å². The van der Waals surface area contributed by atoms with Crippen molar-refractivity contribution < 1.29 is 0 Å². The average molecular weight is 197 g/mol. The number of hydrogen-bond donors (Lipinski definition) is 1. The van der Waals surface area contributed by atoms with Crippen LogP contribution in [0, 0.1) is 0 Å². The Hall–Kier alpha value is -0.300. The van der Waals surface area contributed by atoms with Crippen molar-refractivity contribution in [1.29, 1.82) is 0 Å². The molecule has 1 heteroatoms. The minimum atomic E-state index is 0.468.